The molecule has 0 aromatic heterocycles. The molecule has 4 rings (SSSR count). The molecule has 0 spiro atoms. The lowest BCUT2D eigenvalue weighted by Crippen LogP contribution is -2.66. The maximum Gasteiger partial charge on any atom is 0.0753 e. The minimum Gasteiger partial charge on any atom is -0.393 e. The lowest BCUT2D eigenvalue weighted by molar-refractivity contribution is -0.241. The fourth-order valence-electron chi connectivity index (χ4n) is 7.86. The molecule has 4 aliphatic carbocycles. The Morgan fingerprint density at radius 2 is 1.92 bits per heavy atom. The molecule has 0 aromatic carbocycles. The van der Waals surface area contributed by atoms with E-state index < -0.39 is 5.60 Å². The summed E-state index contributed by atoms with van der Waals surface area (Å²) in [4.78, 5) is 0. The molecule has 24 heavy (non-hydrogen) atoms. The molecule has 0 bridgehead atoms. The van der Waals surface area contributed by atoms with Gasteiger partial charge in [-0.1, -0.05) is 39.3 Å². The van der Waals surface area contributed by atoms with Crippen LogP contribution in [-0.2, 0) is 0 Å². The van der Waals surface area contributed by atoms with Crippen LogP contribution in [0.2, 0.25) is 0 Å². The molecule has 4 aliphatic rings. The second kappa shape index (κ2) is 5.33. The molecule has 8 unspecified atom stereocenters. The summed E-state index contributed by atoms with van der Waals surface area (Å²) in [6.07, 6.45) is 10.9. The van der Waals surface area contributed by atoms with Gasteiger partial charge in [-0.25, -0.2) is 0 Å². The van der Waals surface area contributed by atoms with Crippen LogP contribution >= 0.6 is 0 Å². The average Bonchev–Trinajstić information content (AvgIpc) is 2.87. The predicted octanol–water partition coefficient (Wildman–Crippen LogP) is 4.70. The minimum atomic E-state index is -0.667. The highest BCUT2D eigenvalue weighted by Crippen LogP contribution is 2.68. The Kier molecular flexibility index (Phi) is 3.80. The van der Waals surface area contributed by atoms with Gasteiger partial charge in [-0.2, -0.15) is 0 Å². The van der Waals surface area contributed by atoms with Crippen molar-refractivity contribution in [3.05, 3.63) is 11.6 Å². The number of hydrogen-bond acceptors (Lipinski definition) is 2. The normalized spacial score (nSPS) is 56.9. The maximum absolute atomic E-state index is 11.7. The molecular weight excluding hydrogens is 296 g/mol. The second-order valence-corrected chi connectivity index (χ2v) is 10.0. The summed E-state index contributed by atoms with van der Waals surface area (Å²) < 4.78 is 0. The van der Waals surface area contributed by atoms with E-state index in [0.29, 0.717) is 23.7 Å². The number of hydrogen-bond donors (Lipinski definition) is 2. The van der Waals surface area contributed by atoms with E-state index in [9.17, 15) is 10.2 Å². The zero-order chi connectivity index (χ0) is 17.3. The Bertz CT molecular complexity index is 554. The van der Waals surface area contributed by atoms with Crippen molar-refractivity contribution in [2.45, 2.75) is 90.8 Å². The van der Waals surface area contributed by atoms with Crippen molar-refractivity contribution < 1.29 is 10.2 Å². The Balaban J connectivity index is 1.70. The molecule has 0 radical (unpaired) electrons. The van der Waals surface area contributed by atoms with Crippen molar-refractivity contribution >= 4 is 0 Å². The van der Waals surface area contributed by atoms with Crippen LogP contribution in [0.25, 0.3) is 0 Å². The quantitative estimate of drug-likeness (QED) is 0.683. The summed E-state index contributed by atoms with van der Waals surface area (Å²) in [5, 5.41) is 21.9. The first kappa shape index (κ1) is 17.1. The van der Waals surface area contributed by atoms with Gasteiger partial charge in [0.25, 0.3) is 0 Å². The van der Waals surface area contributed by atoms with E-state index in [-0.39, 0.29) is 11.5 Å². The molecule has 2 N–H and O–H groups in total. The van der Waals surface area contributed by atoms with E-state index in [0.717, 1.165) is 31.1 Å². The van der Waals surface area contributed by atoms with E-state index >= 15 is 0 Å². The van der Waals surface area contributed by atoms with E-state index in [4.69, 9.17) is 0 Å². The molecule has 0 aromatic rings. The van der Waals surface area contributed by atoms with Crippen molar-refractivity contribution in [1.82, 2.24) is 0 Å². The van der Waals surface area contributed by atoms with E-state index in [2.05, 4.69) is 33.8 Å². The van der Waals surface area contributed by atoms with Gasteiger partial charge in [-0.15, -0.1) is 0 Å². The van der Waals surface area contributed by atoms with Crippen molar-refractivity contribution in [3.8, 4) is 0 Å². The summed E-state index contributed by atoms with van der Waals surface area (Å²) >= 11 is 0. The highest BCUT2D eigenvalue weighted by Gasteiger charge is 2.65. The van der Waals surface area contributed by atoms with Crippen LogP contribution in [0.5, 0.6) is 0 Å². The smallest absolute Gasteiger partial charge is 0.0753 e. The SMILES string of the molecule is CCC1=CCC2C3CC(C)C4(O)CC(O)CCC4(C)C3CCC12C. The van der Waals surface area contributed by atoms with Crippen LogP contribution in [-0.4, -0.2) is 21.9 Å². The first-order valence-electron chi connectivity index (χ1n) is 10.4. The third-order valence-corrected chi connectivity index (χ3v) is 9.35. The lowest BCUT2D eigenvalue weighted by Gasteiger charge is -2.66. The van der Waals surface area contributed by atoms with Crippen LogP contribution in [0.15, 0.2) is 11.6 Å². The van der Waals surface area contributed by atoms with Gasteiger partial charge in [-0.05, 0) is 79.4 Å². The molecule has 8 atom stereocenters. The number of aliphatic hydroxyl groups excluding tert-OH is 1. The molecular formula is C22H36O2. The molecule has 0 saturated heterocycles. The van der Waals surface area contributed by atoms with Gasteiger partial charge >= 0.3 is 0 Å². The zero-order valence-electron chi connectivity index (χ0n) is 16.0. The second-order valence-electron chi connectivity index (χ2n) is 10.0. The number of rotatable bonds is 1. The number of allylic oxidation sites excluding steroid dienone is 2. The van der Waals surface area contributed by atoms with Crippen LogP contribution in [0, 0.1) is 34.5 Å². The Morgan fingerprint density at radius 1 is 1.17 bits per heavy atom. The van der Waals surface area contributed by atoms with Gasteiger partial charge in [-0.3, -0.25) is 0 Å². The Morgan fingerprint density at radius 3 is 2.62 bits per heavy atom. The first-order chi connectivity index (χ1) is 11.3. The van der Waals surface area contributed by atoms with Gasteiger partial charge in [0.2, 0.25) is 0 Å². The first-order valence-corrected chi connectivity index (χ1v) is 10.4. The fraction of sp³-hybridized carbons (Fsp3) is 0.909. The molecule has 3 fully saturated rings. The number of aliphatic hydroxyl groups is 2. The summed E-state index contributed by atoms with van der Waals surface area (Å²) in [7, 11) is 0. The van der Waals surface area contributed by atoms with Crippen molar-refractivity contribution in [3.63, 3.8) is 0 Å². The summed E-state index contributed by atoms with van der Waals surface area (Å²) in [6.45, 7) is 9.45. The summed E-state index contributed by atoms with van der Waals surface area (Å²) in [6, 6.07) is 0. The van der Waals surface area contributed by atoms with Crippen LogP contribution < -0.4 is 0 Å². The van der Waals surface area contributed by atoms with Gasteiger partial charge in [0.05, 0.1) is 11.7 Å². The fourth-order valence-corrected chi connectivity index (χ4v) is 7.86. The predicted molar refractivity (Wildman–Crippen MR) is 97.5 cm³/mol. The minimum absolute atomic E-state index is 0.00907. The topological polar surface area (TPSA) is 40.5 Å². The third-order valence-electron chi connectivity index (χ3n) is 9.35. The largest absolute Gasteiger partial charge is 0.393 e. The summed E-state index contributed by atoms with van der Waals surface area (Å²) in [5.41, 5.74) is 1.43. The lowest BCUT2D eigenvalue weighted by atomic mass is 9.41. The van der Waals surface area contributed by atoms with Crippen LogP contribution in [0.1, 0.15) is 79.1 Å². The molecule has 0 amide bonds. The zero-order valence-corrected chi connectivity index (χ0v) is 16.0. The standard InChI is InChI=1S/C22H36O2/c1-5-15-6-7-18-17-12-14(2)22(24)13-16(23)8-11-21(22,4)19(17)9-10-20(15,18)3/h6,14,16-19,23-24H,5,7-13H2,1-4H3. The highest BCUT2D eigenvalue weighted by molar-refractivity contribution is 5.26. The molecule has 0 aliphatic heterocycles. The van der Waals surface area contributed by atoms with Gasteiger partial charge in [0.15, 0.2) is 0 Å². The van der Waals surface area contributed by atoms with E-state index in [1.807, 2.05) is 0 Å². The van der Waals surface area contributed by atoms with Crippen molar-refractivity contribution in [2.75, 3.05) is 0 Å². The van der Waals surface area contributed by atoms with Crippen LogP contribution in [0.3, 0.4) is 0 Å². The monoisotopic (exact) mass is 332 g/mol. The Labute approximate surface area is 147 Å². The van der Waals surface area contributed by atoms with Gasteiger partial charge < -0.3 is 10.2 Å². The molecule has 3 saturated carbocycles. The third kappa shape index (κ3) is 1.96. The highest BCUT2D eigenvalue weighted by atomic mass is 16.3. The Hall–Kier alpha value is -0.340. The molecule has 2 nitrogen and oxygen atoms in total. The van der Waals surface area contributed by atoms with Crippen molar-refractivity contribution in [2.24, 2.45) is 34.5 Å². The maximum atomic E-state index is 11.7. The van der Waals surface area contributed by atoms with Gasteiger partial charge in [0.1, 0.15) is 0 Å². The van der Waals surface area contributed by atoms with E-state index in [1.165, 1.54) is 25.7 Å². The average molecular weight is 333 g/mol. The van der Waals surface area contributed by atoms with Crippen LogP contribution in [0.4, 0.5) is 0 Å². The van der Waals surface area contributed by atoms with Gasteiger partial charge in [0, 0.05) is 6.42 Å². The summed E-state index contributed by atoms with van der Waals surface area (Å²) in [5.74, 6) is 2.46. The molecule has 0 heterocycles. The number of fused-ring (bicyclic) bond motifs is 5. The van der Waals surface area contributed by atoms with Crippen molar-refractivity contribution in [1.29, 1.82) is 0 Å². The molecule has 136 valence electrons. The van der Waals surface area contributed by atoms with E-state index in [1.54, 1.807) is 5.57 Å². The molecule has 2 heteroatoms.